The van der Waals surface area contributed by atoms with Crippen molar-refractivity contribution in [2.75, 3.05) is 0 Å². The second-order valence-electron chi connectivity index (χ2n) is 4.87. The van der Waals surface area contributed by atoms with Crippen LogP contribution in [0.15, 0.2) is 58.3 Å². The highest BCUT2D eigenvalue weighted by atomic mass is 32.2. The summed E-state index contributed by atoms with van der Waals surface area (Å²) in [6.45, 7) is 2.16. The molecule has 112 valence electrons. The molecule has 0 nitrogen and oxygen atoms in total. The van der Waals surface area contributed by atoms with Gasteiger partial charge in [-0.25, -0.2) is 0 Å². The van der Waals surface area contributed by atoms with E-state index in [1.54, 1.807) is 0 Å². The number of hydrogen-bond donors (Lipinski definition) is 0. The van der Waals surface area contributed by atoms with Gasteiger partial charge in [0.15, 0.2) is 0 Å². The molecule has 2 rings (SSSR count). The molecule has 0 unspecified atom stereocenters. The zero-order valence-electron chi connectivity index (χ0n) is 11.8. The molecular formula is C17H17F3S. The maximum absolute atomic E-state index is 12.5. The summed E-state index contributed by atoms with van der Waals surface area (Å²) < 4.78 is 37.5. The Bertz CT molecular complexity index is 556. The van der Waals surface area contributed by atoms with Crippen molar-refractivity contribution in [3.8, 4) is 0 Å². The quantitative estimate of drug-likeness (QED) is 0.633. The van der Waals surface area contributed by atoms with Gasteiger partial charge in [-0.05, 0) is 54.8 Å². The zero-order valence-corrected chi connectivity index (χ0v) is 12.6. The molecule has 0 aliphatic rings. The molecule has 0 aliphatic heterocycles. The number of rotatable bonds is 5. The highest BCUT2D eigenvalue weighted by molar-refractivity contribution is 7.99. The van der Waals surface area contributed by atoms with Crippen LogP contribution in [0.25, 0.3) is 0 Å². The summed E-state index contributed by atoms with van der Waals surface area (Å²) >= 11 is 1.47. The highest BCUT2D eigenvalue weighted by Gasteiger charge is 2.29. The van der Waals surface area contributed by atoms with E-state index in [4.69, 9.17) is 0 Å². The second kappa shape index (κ2) is 7.03. The molecule has 0 atom stereocenters. The van der Waals surface area contributed by atoms with Crippen molar-refractivity contribution in [1.29, 1.82) is 0 Å². The van der Waals surface area contributed by atoms with Crippen LogP contribution < -0.4 is 0 Å². The lowest BCUT2D eigenvalue weighted by molar-refractivity contribution is -0.137. The fraction of sp³-hybridized carbons (Fsp3) is 0.294. The predicted octanol–water partition coefficient (Wildman–Crippen LogP) is 6.20. The van der Waals surface area contributed by atoms with Crippen LogP contribution in [-0.4, -0.2) is 0 Å². The van der Waals surface area contributed by atoms with Crippen LogP contribution in [0.4, 0.5) is 13.2 Å². The third-order valence-corrected chi connectivity index (χ3v) is 4.18. The van der Waals surface area contributed by atoms with E-state index in [1.165, 1.54) is 42.3 Å². The predicted molar refractivity (Wildman–Crippen MR) is 80.6 cm³/mol. The molecule has 0 N–H and O–H groups in total. The normalized spacial score (nSPS) is 11.6. The van der Waals surface area contributed by atoms with Crippen LogP contribution in [-0.2, 0) is 12.6 Å². The first-order valence-electron chi connectivity index (χ1n) is 6.93. The minimum Gasteiger partial charge on any atom is -0.166 e. The molecular weight excluding hydrogens is 293 g/mol. The monoisotopic (exact) mass is 310 g/mol. The number of hydrogen-bond acceptors (Lipinski definition) is 1. The Kier molecular flexibility index (Phi) is 5.34. The minimum atomic E-state index is -4.27. The van der Waals surface area contributed by atoms with Gasteiger partial charge in [0.05, 0.1) is 5.56 Å². The smallest absolute Gasteiger partial charge is 0.166 e. The molecule has 0 radical (unpaired) electrons. The number of halogens is 3. The van der Waals surface area contributed by atoms with E-state index < -0.39 is 11.7 Å². The standard InChI is InChI=1S/C17H17F3S/c1-2-3-4-13-5-9-15(10-6-13)21-16-11-7-14(8-12-16)17(18,19)20/h5-12H,2-4H2,1H3. The number of benzene rings is 2. The number of unbranched alkanes of at least 4 members (excludes halogenated alkanes) is 1. The molecule has 2 aromatic carbocycles. The SMILES string of the molecule is CCCCc1ccc(Sc2ccc(C(F)(F)F)cc2)cc1. The lowest BCUT2D eigenvalue weighted by Gasteiger charge is -2.08. The average Bonchev–Trinajstić information content (AvgIpc) is 2.46. The number of aryl methyl sites for hydroxylation is 1. The molecule has 0 saturated heterocycles. The van der Waals surface area contributed by atoms with Crippen LogP contribution >= 0.6 is 11.8 Å². The summed E-state index contributed by atoms with van der Waals surface area (Å²) in [6.07, 6.45) is -0.862. The lowest BCUT2D eigenvalue weighted by Crippen LogP contribution is -2.03. The van der Waals surface area contributed by atoms with E-state index >= 15 is 0 Å². The highest BCUT2D eigenvalue weighted by Crippen LogP contribution is 2.33. The largest absolute Gasteiger partial charge is 0.416 e. The van der Waals surface area contributed by atoms with Crippen molar-refractivity contribution >= 4 is 11.8 Å². The molecule has 0 bridgehead atoms. The first kappa shape index (κ1) is 16.0. The maximum Gasteiger partial charge on any atom is 0.416 e. The van der Waals surface area contributed by atoms with Gasteiger partial charge in [0, 0.05) is 9.79 Å². The summed E-state index contributed by atoms with van der Waals surface area (Å²) in [4.78, 5) is 1.85. The Balaban J connectivity index is 2.01. The topological polar surface area (TPSA) is 0 Å². The van der Waals surface area contributed by atoms with Gasteiger partial charge < -0.3 is 0 Å². The molecule has 0 fully saturated rings. The van der Waals surface area contributed by atoms with Gasteiger partial charge in [-0.1, -0.05) is 37.2 Å². The van der Waals surface area contributed by atoms with Crippen molar-refractivity contribution in [1.82, 2.24) is 0 Å². The molecule has 0 aromatic heterocycles. The van der Waals surface area contributed by atoms with E-state index in [0.717, 1.165) is 28.3 Å². The van der Waals surface area contributed by atoms with Crippen LogP contribution in [0.2, 0.25) is 0 Å². The Morgan fingerprint density at radius 2 is 1.38 bits per heavy atom. The van der Waals surface area contributed by atoms with Gasteiger partial charge in [0.2, 0.25) is 0 Å². The fourth-order valence-corrected chi connectivity index (χ4v) is 2.77. The molecule has 0 spiro atoms. The van der Waals surface area contributed by atoms with E-state index in [0.29, 0.717) is 0 Å². The van der Waals surface area contributed by atoms with E-state index in [9.17, 15) is 13.2 Å². The Morgan fingerprint density at radius 1 is 0.857 bits per heavy atom. The van der Waals surface area contributed by atoms with Gasteiger partial charge in [-0.15, -0.1) is 0 Å². The summed E-state index contributed by atoms with van der Waals surface area (Å²) in [5.74, 6) is 0. The van der Waals surface area contributed by atoms with Gasteiger partial charge in [-0.3, -0.25) is 0 Å². The van der Waals surface area contributed by atoms with Crippen molar-refractivity contribution in [3.63, 3.8) is 0 Å². The molecule has 0 heterocycles. The van der Waals surface area contributed by atoms with E-state index in [2.05, 4.69) is 19.1 Å². The zero-order chi connectivity index (χ0) is 15.3. The molecule has 0 aliphatic carbocycles. The lowest BCUT2D eigenvalue weighted by atomic mass is 10.1. The fourth-order valence-electron chi connectivity index (χ4n) is 1.95. The van der Waals surface area contributed by atoms with Gasteiger partial charge >= 0.3 is 6.18 Å². The van der Waals surface area contributed by atoms with Crippen molar-refractivity contribution in [2.24, 2.45) is 0 Å². The van der Waals surface area contributed by atoms with Gasteiger partial charge in [-0.2, -0.15) is 13.2 Å². The Hall–Kier alpha value is -1.42. The second-order valence-corrected chi connectivity index (χ2v) is 6.02. The Morgan fingerprint density at radius 3 is 1.86 bits per heavy atom. The molecule has 0 amide bonds. The molecule has 2 aromatic rings. The van der Waals surface area contributed by atoms with Gasteiger partial charge in [0.1, 0.15) is 0 Å². The average molecular weight is 310 g/mol. The van der Waals surface area contributed by atoms with Crippen molar-refractivity contribution < 1.29 is 13.2 Å². The first-order valence-corrected chi connectivity index (χ1v) is 7.75. The van der Waals surface area contributed by atoms with E-state index in [1.807, 2.05) is 12.1 Å². The molecule has 21 heavy (non-hydrogen) atoms. The molecule has 4 heteroatoms. The van der Waals surface area contributed by atoms with Crippen LogP contribution in [0.5, 0.6) is 0 Å². The first-order chi connectivity index (χ1) is 9.99. The van der Waals surface area contributed by atoms with Crippen LogP contribution in [0, 0.1) is 0 Å². The maximum atomic E-state index is 12.5. The van der Waals surface area contributed by atoms with Crippen LogP contribution in [0.1, 0.15) is 30.9 Å². The van der Waals surface area contributed by atoms with Crippen LogP contribution in [0.3, 0.4) is 0 Å². The van der Waals surface area contributed by atoms with Crippen molar-refractivity contribution in [2.45, 2.75) is 42.2 Å². The molecule has 0 saturated carbocycles. The Labute approximate surface area is 127 Å². The number of alkyl halides is 3. The third kappa shape index (κ3) is 4.81. The minimum absolute atomic E-state index is 0.609. The summed E-state index contributed by atoms with van der Waals surface area (Å²) in [6, 6.07) is 13.5. The third-order valence-electron chi connectivity index (χ3n) is 3.16. The summed E-state index contributed by atoms with van der Waals surface area (Å²) in [5, 5.41) is 0. The van der Waals surface area contributed by atoms with Gasteiger partial charge in [0.25, 0.3) is 0 Å². The summed E-state index contributed by atoms with van der Waals surface area (Å²) in [7, 11) is 0. The van der Waals surface area contributed by atoms with E-state index in [-0.39, 0.29) is 0 Å². The van der Waals surface area contributed by atoms with Crippen molar-refractivity contribution in [3.05, 3.63) is 59.7 Å². The summed E-state index contributed by atoms with van der Waals surface area (Å²) in [5.41, 5.74) is 0.690.